The van der Waals surface area contributed by atoms with Crippen LogP contribution in [-0.4, -0.2) is 49.7 Å². The summed E-state index contributed by atoms with van der Waals surface area (Å²) in [5.74, 6) is 1.02. The van der Waals surface area contributed by atoms with E-state index in [-0.39, 0.29) is 23.7 Å². The van der Waals surface area contributed by atoms with Crippen LogP contribution >= 0.6 is 12.4 Å². The van der Waals surface area contributed by atoms with Crippen LogP contribution in [0.5, 0.6) is 0 Å². The van der Waals surface area contributed by atoms with Crippen LogP contribution in [0.2, 0.25) is 0 Å². The Kier molecular flexibility index (Phi) is 5.79. The van der Waals surface area contributed by atoms with Gasteiger partial charge in [-0.1, -0.05) is 19.8 Å². The predicted molar refractivity (Wildman–Crippen MR) is 90.3 cm³/mol. The maximum Gasteiger partial charge on any atom is 0.225 e. The van der Waals surface area contributed by atoms with Gasteiger partial charge in [-0.2, -0.15) is 0 Å². The van der Waals surface area contributed by atoms with Crippen LogP contribution in [0.25, 0.3) is 0 Å². The second-order valence-electron chi connectivity index (χ2n) is 7.29. The van der Waals surface area contributed by atoms with Crippen LogP contribution in [0.15, 0.2) is 0 Å². The van der Waals surface area contributed by atoms with Crippen LogP contribution in [0.1, 0.15) is 46.0 Å². The van der Waals surface area contributed by atoms with Crippen molar-refractivity contribution >= 4 is 18.3 Å². The van der Waals surface area contributed by atoms with Gasteiger partial charge in [0, 0.05) is 31.0 Å². The van der Waals surface area contributed by atoms with E-state index in [0.29, 0.717) is 24.0 Å². The molecule has 1 aliphatic heterocycles. The van der Waals surface area contributed by atoms with Crippen molar-refractivity contribution in [1.82, 2.24) is 10.2 Å². The third-order valence-corrected chi connectivity index (χ3v) is 6.37. The van der Waals surface area contributed by atoms with Gasteiger partial charge in [0.1, 0.15) is 0 Å². The SMILES string of the molecule is CCOC1CC(N(C)C(=O)C(C)C2CNC2)C12CCCC2.Cl. The number of hydrogen-bond donors (Lipinski definition) is 1. The average Bonchev–Trinajstić information content (AvgIpc) is 2.91. The number of carbonyl (C=O) groups excluding carboxylic acids is 1. The lowest BCUT2D eigenvalue weighted by Crippen LogP contribution is -2.65. The second kappa shape index (κ2) is 7.06. The monoisotopic (exact) mass is 330 g/mol. The number of amides is 1. The van der Waals surface area contributed by atoms with E-state index in [0.717, 1.165) is 26.1 Å². The number of rotatable bonds is 5. The smallest absolute Gasteiger partial charge is 0.225 e. The highest BCUT2D eigenvalue weighted by molar-refractivity contribution is 5.85. The lowest BCUT2D eigenvalue weighted by Gasteiger charge is -2.57. The molecule has 1 N–H and O–H groups in total. The Bertz CT molecular complexity index is 394. The largest absolute Gasteiger partial charge is 0.378 e. The molecule has 1 saturated heterocycles. The van der Waals surface area contributed by atoms with Gasteiger partial charge in [0.05, 0.1) is 6.10 Å². The highest BCUT2D eigenvalue weighted by Crippen LogP contribution is 2.56. The molecule has 0 bridgehead atoms. The van der Waals surface area contributed by atoms with Gasteiger partial charge in [0.15, 0.2) is 0 Å². The molecule has 22 heavy (non-hydrogen) atoms. The molecule has 4 nitrogen and oxygen atoms in total. The zero-order valence-corrected chi connectivity index (χ0v) is 15.0. The summed E-state index contributed by atoms with van der Waals surface area (Å²) in [4.78, 5) is 14.8. The van der Waals surface area contributed by atoms with Crippen molar-refractivity contribution in [3.63, 3.8) is 0 Å². The molecule has 3 fully saturated rings. The van der Waals surface area contributed by atoms with Gasteiger partial charge in [0.2, 0.25) is 5.91 Å². The fourth-order valence-electron chi connectivity index (χ4n) is 4.73. The van der Waals surface area contributed by atoms with Crippen LogP contribution in [0.3, 0.4) is 0 Å². The van der Waals surface area contributed by atoms with Crippen molar-refractivity contribution in [3.05, 3.63) is 0 Å². The number of halogens is 1. The van der Waals surface area contributed by atoms with Gasteiger partial charge in [0.25, 0.3) is 0 Å². The first-order valence-electron chi connectivity index (χ1n) is 8.69. The van der Waals surface area contributed by atoms with Crippen molar-refractivity contribution < 1.29 is 9.53 Å². The quantitative estimate of drug-likeness (QED) is 0.842. The molecule has 0 aromatic rings. The van der Waals surface area contributed by atoms with Gasteiger partial charge in [-0.3, -0.25) is 4.79 Å². The highest BCUT2D eigenvalue weighted by atomic mass is 35.5. The van der Waals surface area contributed by atoms with Crippen LogP contribution in [0, 0.1) is 17.3 Å². The first kappa shape index (κ1) is 18.0. The number of nitrogens with zero attached hydrogens (tertiary/aromatic N) is 1. The molecule has 1 heterocycles. The summed E-state index contributed by atoms with van der Waals surface area (Å²) in [6, 6.07) is 0.402. The van der Waals surface area contributed by atoms with E-state index in [1.165, 1.54) is 25.7 Å². The molecular weight excluding hydrogens is 300 g/mol. The van der Waals surface area contributed by atoms with E-state index in [4.69, 9.17) is 4.74 Å². The summed E-state index contributed by atoms with van der Waals surface area (Å²) >= 11 is 0. The molecule has 1 spiro atoms. The molecule has 2 saturated carbocycles. The molecule has 128 valence electrons. The van der Waals surface area contributed by atoms with Gasteiger partial charge < -0.3 is 15.0 Å². The Hall–Kier alpha value is -0.320. The Morgan fingerprint density at radius 3 is 2.50 bits per heavy atom. The third-order valence-electron chi connectivity index (χ3n) is 6.37. The van der Waals surface area contributed by atoms with E-state index in [1.807, 2.05) is 7.05 Å². The standard InChI is InChI=1S/C17H30N2O2.ClH/c1-4-21-15-9-14(17(15)7-5-6-8-17)19(3)16(20)12(2)13-10-18-11-13;/h12-15,18H,4-11H2,1-3H3;1H. The summed E-state index contributed by atoms with van der Waals surface area (Å²) in [7, 11) is 2.03. The summed E-state index contributed by atoms with van der Waals surface area (Å²) in [5, 5.41) is 3.27. The fourth-order valence-corrected chi connectivity index (χ4v) is 4.73. The van der Waals surface area contributed by atoms with E-state index >= 15 is 0 Å². The molecule has 3 rings (SSSR count). The predicted octanol–water partition coefficient (Wildman–Crippen LogP) is 2.46. The minimum Gasteiger partial charge on any atom is -0.378 e. The molecule has 0 radical (unpaired) electrons. The maximum absolute atomic E-state index is 12.8. The van der Waals surface area contributed by atoms with Gasteiger partial charge in [-0.25, -0.2) is 0 Å². The van der Waals surface area contributed by atoms with Crippen molar-refractivity contribution in [2.45, 2.75) is 58.1 Å². The Morgan fingerprint density at radius 2 is 2.00 bits per heavy atom. The lowest BCUT2D eigenvalue weighted by atomic mass is 9.60. The van der Waals surface area contributed by atoms with E-state index in [1.54, 1.807) is 0 Å². The Labute approximate surface area is 140 Å². The summed E-state index contributed by atoms with van der Waals surface area (Å²) in [5.41, 5.74) is 0.262. The molecule has 3 atom stereocenters. The first-order chi connectivity index (χ1) is 10.1. The van der Waals surface area contributed by atoms with Crippen LogP contribution in [-0.2, 0) is 9.53 Å². The zero-order chi connectivity index (χ0) is 15.0. The molecule has 5 heteroatoms. The van der Waals surface area contributed by atoms with E-state index < -0.39 is 0 Å². The Morgan fingerprint density at radius 1 is 1.36 bits per heavy atom. The van der Waals surface area contributed by atoms with Crippen molar-refractivity contribution in [2.75, 3.05) is 26.7 Å². The van der Waals surface area contributed by atoms with Crippen molar-refractivity contribution in [3.8, 4) is 0 Å². The van der Waals surface area contributed by atoms with E-state index in [9.17, 15) is 4.79 Å². The maximum atomic E-state index is 12.8. The van der Waals surface area contributed by atoms with Crippen molar-refractivity contribution in [1.29, 1.82) is 0 Å². The summed E-state index contributed by atoms with van der Waals surface area (Å²) < 4.78 is 5.97. The second-order valence-corrected chi connectivity index (χ2v) is 7.29. The highest BCUT2D eigenvalue weighted by Gasteiger charge is 2.59. The van der Waals surface area contributed by atoms with Gasteiger partial charge in [-0.15, -0.1) is 12.4 Å². The minimum atomic E-state index is 0. The average molecular weight is 331 g/mol. The molecule has 3 unspecified atom stereocenters. The van der Waals surface area contributed by atoms with Crippen LogP contribution in [0.4, 0.5) is 0 Å². The normalized spacial score (nSPS) is 31.0. The molecule has 0 aromatic carbocycles. The molecule has 3 aliphatic rings. The van der Waals surface area contributed by atoms with Gasteiger partial charge in [-0.05, 0) is 45.2 Å². The Balaban J connectivity index is 0.00000176. The number of nitrogens with one attached hydrogen (secondary N) is 1. The summed E-state index contributed by atoms with van der Waals surface area (Å²) in [6.07, 6.45) is 6.48. The molecule has 1 amide bonds. The number of hydrogen-bond acceptors (Lipinski definition) is 3. The number of ether oxygens (including phenoxy) is 1. The van der Waals surface area contributed by atoms with E-state index in [2.05, 4.69) is 24.1 Å². The van der Waals surface area contributed by atoms with Crippen LogP contribution < -0.4 is 5.32 Å². The van der Waals surface area contributed by atoms with Crippen molar-refractivity contribution in [2.24, 2.45) is 17.3 Å². The zero-order valence-electron chi connectivity index (χ0n) is 14.1. The molecule has 0 aromatic heterocycles. The third kappa shape index (κ3) is 2.78. The topological polar surface area (TPSA) is 41.6 Å². The van der Waals surface area contributed by atoms with Gasteiger partial charge >= 0.3 is 0 Å². The summed E-state index contributed by atoms with van der Waals surface area (Å²) in [6.45, 7) is 6.97. The number of carbonyl (C=O) groups is 1. The lowest BCUT2D eigenvalue weighted by molar-refractivity contribution is -0.175. The molecular formula is C17H31ClN2O2. The first-order valence-corrected chi connectivity index (χ1v) is 8.69. The fraction of sp³-hybridized carbons (Fsp3) is 0.941. The minimum absolute atomic E-state index is 0. The molecule has 2 aliphatic carbocycles.